The van der Waals surface area contributed by atoms with Gasteiger partial charge >= 0.3 is 0 Å². The molecular formula is C24H21FN2O2. The SMILES string of the molecule is CC(NC(=O)C=Cc1ccccc1)c1ccc(NC(=O)c2ccc(F)cc2)cc1. The summed E-state index contributed by atoms with van der Waals surface area (Å²) in [5.41, 5.74) is 2.86. The van der Waals surface area contributed by atoms with Crippen molar-refractivity contribution in [1.82, 2.24) is 5.32 Å². The van der Waals surface area contributed by atoms with Gasteiger partial charge in [0.05, 0.1) is 6.04 Å². The molecule has 2 amide bonds. The normalized spacial score (nSPS) is 11.8. The maximum Gasteiger partial charge on any atom is 0.255 e. The summed E-state index contributed by atoms with van der Waals surface area (Å²) in [5, 5.41) is 5.67. The number of rotatable bonds is 6. The Labute approximate surface area is 169 Å². The maximum atomic E-state index is 13.0. The van der Waals surface area contributed by atoms with Gasteiger partial charge in [-0.25, -0.2) is 4.39 Å². The monoisotopic (exact) mass is 388 g/mol. The van der Waals surface area contributed by atoms with Crippen LogP contribution in [0.25, 0.3) is 6.08 Å². The molecule has 146 valence electrons. The Bertz CT molecular complexity index is 997. The minimum absolute atomic E-state index is 0.185. The summed E-state index contributed by atoms with van der Waals surface area (Å²) in [6.45, 7) is 1.89. The van der Waals surface area contributed by atoms with Crippen LogP contribution in [0.3, 0.4) is 0 Å². The highest BCUT2D eigenvalue weighted by molar-refractivity contribution is 6.04. The highest BCUT2D eigenvalue weighted by Crippen LogP contribution is 2.17. The lowest BCUT2D eigenvalue weighted by atomic mass is 10.1. The van der Waals surface area contributed by atoms with Crippen LogP contribution < -0.4 is 10.6 Å². The number of nitrogens with one attached hydrogen (secondary N) is 2. The molecule has 0 heterocycles. The number of hydrogen-bond acceptors (Lipinski definition) is 2. The van der Waals surface area contributed by atoms with Crippen LogP contribution in [0.2, 0.25) is 0 Å². The second-order valence-corrected chi connectivity index (χ2v) is 6.56. The molecule has 3 aromatic carbocycles. The quantitative estimate of drug-likeness (QED) is 0.586. The third kappa shape index (κ3) is 5.87. The van der Waals surface area contributed by atoms with Crippen LogP contribution in [0.4, 0.5) is 10.1 Å². The summed E-state index contributed by atoms with van der Waals surface area (Å²) in [6, 6.07) is 22.0. The molecule has 3 aromatic rings. The minimum Gasteiger partial charge on any atom is -0.346 e. The molecule has 29 heavy (non-hydrogen) atoms. The summed E-state index contributed by atoms with van der Waals surface area (Å²) >= 11 is 0. The number of amides is 2. The number of carbonyl (C=O) groups excluding carboxylic acids is 2. The molecule has 0 aliphatic carbocycles. The van der Waals surface area contributed by atoms with Crippen molar-refractivity contribution < 1.29 is 14.0 Å². The second kappa shape index (κ2) is 9.46. The summed E-state index contributed by atoms with van der Waals surface area (Å²) < 4.78 is 13.0. The van der Waals surface area contributed by atoms with Crippen LogP contribution in [0.1, 0.15) is 34.5 Å². The van der Waals surface area contributed by atoms with Gasteiger partial charge in [0.1, 0.15) is 5.82 Å². The van der Waals surface area contributed by atoms with Gasteiger partial charge < -0.3 is 10.6 Å². The van der Waals surface area contributed by atoms with Gasteiger partial charge in [-0.05, 0) is 60.5 Å². The van der Waals surface area contributed by atoms with E-state index in [0.29, 0.717) is 11.3 Å². The van der Waals surface area contributed by atoms with Crippen LogP contribution in [-0.4, -0.2) is 11.8 Å². The molecule has 1 unspecified atom stereocenters. The van der Waals surface area contributed by atoms with Gasteiger partial charge in [-0.15, -0.1) is 0 Å². The summed E-state index contributed by atoms with van der Waals surface area (Å²) in [5.74, 6) is -0.888. The first-order valence-corrected chi connectivity index (χ1v) is 9.22. The summed E-state index contributed by atoms with van der Waals surface area (Å²) in [7, 11) is 0. The molecule has 2 N–H and O–H groups in total. The Hall–Kier alpha value is -3.73. The van der Waals surface area contributed by atoms with E-state index >= 15 is 0 Å². The van der Waals surface area contributed by atoms with Crippen molar-refractivity contribution in [2.45, 2.75) is 13.0 Å². The lowest BCUT2D eigenvalue weighted by molar-refractivity contribution is -0.117. The Morgan fingerprint density at radius 1 is 0.897 bits per heavy atom. The van der Waals surface area contributed by atoms with E-state index in [4.69, 9.17) is 0 Å². The molecule has 0 bridgehead atoms. The Morgan fingerprint density at radius 3 is 2.21 bits per heavy atom. The number of hydrogen-bond donors (Lipinski definition) is 2. The van der Waals surface area contributed by atoms with E-state index in [0.717, 1.165) is 11.1 Å². The fourth-order valence-electron chi connectivity index (χ4n) is 2.74. The maximum absolute atomic E-state index is 13.0. The van der Waals surface area contributed by atoms with Crippen LogP contribution >= 0.6 is 0 Å². The predicted molar refractivity (Wildman–Crippen MR) is 113 cm³/mol. The van der Waals surface area contributed by atoms with E-state index in [1.807, 2.05) is 49.4 Å². The van der Waals surface area contributed by atoms with E-state index in [1.54, 1.807) is 18.2 Å². The number of benzene rings is 3. The van der Waals surface area contributed by atoms with Crippen molar-refractivity contribution >= 4 is 23.6 Å². The van der Waals surface area contributed by atoms with Gasteiger partial charge in [0.2, 0.25) is 5.91 Å². The van der Waals surface area contributed by atoms with E-state index < -0.39 is 0 Å². The standard InChI is InChI=1S/C24H21FN2O2/c1-17(26-23(28)16-7-18-5-3-2-4-6-18)19-10-14-22(15-11-19)27-24(29)20-8-12-21(25)13-9-20/h2-17H,1H3,(H,26,28)(H,27,29). The van der Waals surface area contributed by atoms with Crippen molar-refractivity contribution in [3.63, 3.8) is 0 Å². The average Bonchev–Trinajstić information content (AvgIpc) is 2.74. The first kappa shape index (κ1) is 20.0. The molecule has 1 atom stereocenters. The van der Waals surface area contributed by atoms with Gasteiger partial charge in [-0.1, -0.05) is 42.5 Å². The van der Waals surface area contributed by atoms with E-state index in [1.165, 1.54) is 30.3 Å². The third-order valence-corrected chi connectivity index (χ3v) is 4.36. The van der Waals surface area contributed by atoms with E-state index in [9.17, 15) is 14.0 Å². The van der Waals surface area contributed by atoms with Crippen molar-refractivity contribution in [2.75, 3.05) is 5.32 Å². The van der Waals surface area contributed by atoms with Crippen LogP contribution in [0.15, 0.2) is 84.9 Å². The van der Waals surface area contributed by atoms with Crippen molar-refractivity contribution in [2.24, 2.45) is 0 Å². The smallest absolute Gasteiger partial charge is 0.255 e. The Morgan fingerprint density at radius 2 is 1.55 bits per heavy atom. The molecule has 0 spiro atoms. The minimum atomic E-state index is -0.388. The molecule has 0 fully saturated rings. The second-order valence-electron chi connectivity index (χ2n) is 6.56. The van der Waals surface area contributed by atoms with Crippen LogP contribution in [-0.2, 0) is 4.79 Å². The molecule has 0 saturated carbocycles. The first-order chi connectivity index (χ1) is 14.0. The van der Waals surface area contributed by atoms with Crippen molar-refractivity contribution in [3.05, 3.63) is 107 Å². The molecule has 4 nitrogen and oxygen atoms in total. The van der Waals surface area contributed by atoms with Gasteiger partial charge in [0.15, 0.2) is 0 Å². The predicted octanol–water partition coefficient (Wildman–Crippen LogP) is 4.97. The zero-order chi connectivity index (χ0) is 20.6. The number of halogens is 1. The highest BCUT2D eigenvalue weighted by Gasteiger charge is 2.09. The number of anilines is 1. The molecule has 0 aliphatic heterocycles. The fourth-order valence-corrected chi connectivity index (χ4v) is 2.74. The zero-order valence-corrected chi connectivity index (χ0v) is 15.9. The lowest BCUT2D eigenvalue weighted by Crippen LogP contribution is -2.24. The molecule has 0 aliphatic rings. The summed E-state index contributed by atoms with van der Waals surface area (Å²) in [4.78, 5) is 24.3. The van der Waals surface area contributed by atoms with Gasteiger partial charge in [-0.2, -0.15) is 0 Å². The number of carbonyl (C=O) groups is 2. The highest BCUT2D eigenvalue weighted by atomic mass is 19.1. The van der Waals surface area contributed by atoms with Crippen LogP contribution in [0.5, 0.6) is 0 Å². The van der Waals surface area contributed by atoms with Crippen molar-refractivity contribution in [1.29, 1.82) is 0 Å². The Kier molecular flexibility index (Phi) is 6.53. The van der Waals surface area contributed by atoms with Gasteiger partial charge in [-0.3, -0.25) is 9.59 Å². The van der Waals surface area contributed by atoms with Crippen LogP contribution in [0, 0.1) is 5.82 Å². The molecule has 0 radical (unpaired) electrons. The zero-order valence-electron chi connectivity index (χ0n) is 15.9. The van der Waals surface area contributed by atoms with E-state index in [-0.39, 0.29) is 23.7 Å². The molecular weight excluding hydrogens is 367 g/mol. The molecule has 3 rings (SSSR count). The largest absolute Gasteiger partial charge is 0.346 e. The third-order valence-electron chi connectivity index (χ3n) is 4.36. The topological polar surface area (TPSA) is 58.2 Å². The molecule has 0 aromatic heterocycles. The lowest BCUT2D eigenvalue weighted by Gasteiger charge is -2.14. The first-order valence-electron chi connectivity index (χ1n) is 9.22. The summed E-state index contributed by atoms with van der Waals surface area (Å²) in [6.07, 6.45) is 3.26. The van der Waals surface area contributed by atoms with E-state index in [2.05, 4.69) is 10.6 Å². The average molecular weight is 388 g/mol. The molecule has 0 saturated heterocycles. The Balaban J connectivity index is 1.56. The van der Waals surface area contributed by atoms with Gasteiger partial charge in [0, 0.05) is 17.3 Å². The molecule has 5 heteroatoms. The van der Waals surface area contributed by atoms with Crippen molar-refractivity contribution in [3.8, 4) is 0 Å². The van der Waals surface area contributed by atoms with Gasteiger partial charge in [0.25, 0.3) is 5.91 Å². The fraction of sp³-hybridized carbons (Fsp3) is 0.0833.